The molecule has 35 heavy (non-hydrogen) atoms. The van der Waals surface area contributed by atoms with Crippen LogP contribution < -0.4 is 21.5 Å². The van der Waals surface area contributed by atoms with E-state index in [2.05, 4.69) is 30.9 Å². The summed E-state index contributed by atoms with van der Waals surface area (Å²) < 4.78 is 0. The van der Waals surface area contributed by atoms with Gasteiger partial charge in [-0.1, -0.05) is 12.1 Å². The molecule has 11 nitrogen and oxygen atoms in total. The molecule has 0 unspecified atom stereocenters. The molecule has 3 heterocycles. The summed E-state index contributed by atoms with van der Waals surface area (Å²) in [5.74, 6) is -1.99. The van der Waals surface area contributed by atoms with Gasteiger partial charge in [-0.3, -0.25) is 14.4 Å². The number of anilines is 1. The lowest BCUT2D eigenvalue weighted by Crippen LogP contribution is -2.48. The van der Waals surface area contributed by atoms with E-state index < -0.39 is 23.8 Å². The van der Waals surface area contributed by atoms with Crippen molar-refractivity contribution in [2.24, 2.45) is 0 Å². The van der Waals surface area contributed by atoms with Crippen LogP contribution in [-0.4, -0.2) is 57.0 Å². The number of amides is 2. The van der Waals surface area contributed by atoms with Crippen molar-refractivity contribution >= 4 is 35.1 Å². The number of aromatic amines is 1. The number of aliphatic carboxylic acids is 1. The van der Waals surface area contributed by atoms with E-state index in [1.54, 1.807) is 37.4 Å². The molecule has 12 heteroatoms. The highest BCUT2D eigenvalue weighted by Gasteiger charge is 2.24. The predicted molar refractivity (Wildman–Crippen MR) is 131 cm³/mol. The van der Waals surface area contributed by atoms with Crippen molar-refractivity contribution in [3.63, 3.8) is 0 Å². The van der Waals surface area contributed by atoms with Crippen LogP contribution in [0.2, 0.25) is 0 Å². The number of carboxylic acid groups (broad SMARTS) is 1. The zero-order chi connectivity index (χ0) is 25.4. The van der Waals surface area contributed by atoms with Gasteiger partial charge in [0.2, 0.25) is 11.5 Å². The highest BCUT2D eigenvalue weighted by Crippen LogP contribution is 2.13. The molecule has 0 radical (unpaired) electrons. The molecule has 0 aliphatic rings. The number of pyridine rings is 1. The Morgan fingerprint density at radius 3 is 2.46 bits per heavy atom. The molecule has 0 saturated heterocycles. The smallest absolute Gasteiger partial charge is 0.328 e. The summed E-state index contributed by atoms with van der Waals surface area (Å²) in [6.45, 7) is 3.55. The lowest BCUT2D eigenvalue weighted by Gasteiger charge is -2.17. The monoisotopic (exact) mass is 498 g/mol. The van der Waals surface area contributed by atoms with Crippen LogP contribution in [-0.2, 0) is 11.2 Å². The van der Waals surface area contributed by atoms with Crippen molar-refractivity contribution in [3.8, 4) is 0 Å². The fourth-order valence-electron chi connectivity index (χ4n) is 3.36. The van der Waals surface area contributed by atoms with Gasteiger partial charge in [0.15, 0.2) is 0 Å². The second-order valence-electron chi connectivity index (χ2n) is 7.72. The zero-order valence-electron chi connectivity index (χ0n) is 19.3. The summed E-state index contributed by atoms with van der Waals surface area (Å²) in [5, 5.41) is 19.3. The van der Waals surface area contributed by atoms with Gasteiger partial charge in [0.1, 0.15) is 6.04 Å². The average molecular weight is 499 g/mol. The zero-order valence-corrected chi connectivity index (χ0v) is 20.1. The minimum absolute atomic E-state index is 0.145. The van der Waals surface area contributed by atoms with Crippen molar-refractivity contribution in [3.05, 3.63) is 73.6 Å². The third-order valence-corrected chi connectivity index (χ3v) is 5.92. The minimum Gasteiger partial charge on any atom is -0.480 e. The molecule has 184 valence electrons. The maximum Gasteiger partial charge on any atom is 0.328 e. The lowest BCUT2D eigenvalue weighted by molar-refractivity contribution is -0.139. The van der Waals surface area contributed by atoms with E-state index >= 15 is 0 Å². The van der Waals surface area contributed by atoms with E-state index in [1.165, 1.54) is 17.4 Å². The Balaban J connectivity index is 1.57. The molecule has 0 spiro atoms. The Bertz CT molecular complexity index is 1230. The SMILES string of the molecule is Cc1nc(NCCCc2cccc(=O)[nH]2)nc(C)c1C(=O)N[C@@H](CNC(=O)c1cccs1)C(=O)O. The van der Waals surface area contributed by atoms with Crippen molar-refractivity contribution in [1.29, 1.82) is 0 Å². The summed E-state index contributed by atoms with van der Waals surface area (Å²) in [7, 11) is 0. The molecule has 0 saturated carbocycles. The first-order valence-corrected chi connectivity index (χ1v) is 11.7. The quantitative estimate of drug-likeness (QED) is 0.248. The second kappa shape index (κ2) is 11.9. The van der Waals surface area contributed by atoms with Gasteiger partial charge in [0, 0.05) is 24.8 Å². The summed E-state index contributed by atoms with van der Waals surface area (Å²) in [6.07, 6.45) is 1.39. The number of nitrogens with one attached hydrogen (secondary N) is 4. The van der Waals surface area contributed by atoms with Crippen LogP contribution in [0, 0.1) is 13.8 Å². The van der Waals surface area contributed by atoms with Crippen LogP contribution in [0.25, 0.3) is 0 Å². The second-order valence-corrected chi connectivity index (χ2v) is 8.66. The number of carboxylic acids is 1. The third-order valence-electron chi connectivity index (χ3n) is 5.05. The number of H-pyrrole nitrogens is 1. The van der Waals surface area contributed by atoms with Gasteiger partial charge in [-0.05, 0) is 44.2 Å². The number of aromatic nitrogens is 3. The van der Waals surface area contributed by atoms with Gasteiger partial charge in [0.25, 0.3) is 11.8 Å². The van der Waals surface area contributed by atoms with E-state index in [4.69, 9.17) is 0 Å². The first-order chi connectivity index (χ1) is 16.7. The largest absolute Gasteiger partial charge is 0.480 e. The molecule has 5 N–H and O–H groups in total. The summed E-state index contributed by atoms with van der Waals surface area (Å²) in [5.41, 5.74) is 1.63. The molecule has 3 aromatic heterocycles. The van der Waals surface area contributed by atoms with Gasteiger partial charge in [0.05, 0.1) is 21.8 Å². The van der Waals surface area contributed by atoms with E-state index in [-0.39, 0.29) is 17.7 Å². The summed E-state index contributed by atoms with van der Waals surface area (Å²) in [6, 6.07) is 7.01. The van der Waals surface area contributed by atoms with Gasteiger partial charge in [-0.25, -0.2) is 14.8 Å². The molecule has 2 amide bonds. The summed E-state index contributed by atoms with van der Waals surface area (Å²) >= 11 is 1.23. The molecule has 3 aromatic rings. The fourth-order valence-corrected chi connectivity index (χ4v) is 4.00. The molecule has 0 bridgehead atoms. The number of rotatable bonds is 11. The minimum atomic E-state index is -1.33. The number of hydrogen-bond donors (Lipinski definition) is 5. The van der Waals surface area contributed by atoms with E-state index in [1.807, 2.05) is 6.07 Å². The maximum absolute atomic E-state index is 12.8. The van der Waals surface area contributed by atoms with Gasteiger partial charge >= 0.3 is 5.97 Å². The van der Waals surface area contributed by atoms with Crippen LogP contribution in [0.15, 0.2) is 40.5 Å². The maximum atomic E-state index is 12.8. The summed E-state index contributed by atoms with van der Waals surface area (Å²) in [4.78, 5) is 59.7. The highest BCUT2D eigenvalue weighted by atomic mass is 32.1. The van der Waals surface area contributed by atoms with E-state index in [9.17, 15) is 24.3 Å². The Hall–Kier alpha value is -4.06. The number of aryl methyl sites for hydroxylation is 3. The normalized spacial score (nSPS) is 11.5. The average Bonchev–Trinajstić information content (AvgIpc) is 3.34. The Labute approximate surface area is 205 Å². The molecule has 0 aromatic carbocycles. The van der Waals surface area contributed by atoms with Crippen LogP contribution >= 0.6 is 11.3 Å². The first-order valence-electron chi connectivity index (χ1n) is 10.9. The number of hydrogen-bond acceptors (Lipinski definition) is 8. The molecule has 0 fully saturated rings. The van der Waals surface area contributed by atoms with Crippen molar-refractivity contribution < 1.29 is 19.5 Å². The van der Waals surface area contributed by atoms with Crippen LogP contribution in [0.4, 0.5) is 5.95 Å². The van der Waals surface area contributed by atoms with E-state index in [0.29, 0.717) is 35.2 Å². The number of carbonyl (C=O) groups is 3. The molecule has 1 atom stereocenters. The van der Waals surface area contributed by atoms with E-state index in [0.717, 1.165) is 12.1 Å². The predicted octanol–water partition coefficient (Wildman–Crippen LogP) is 1.50. The number of carbonyl (C=O) groups excluding carboxylic acids is 2. The molecule has 3 rings (SSSR count). The Morgan fingerprint density at radius 1 is 1.09 bits per heavy atom. The fraction of sp³-hybridized carbons (Fsp3) is 0.304. The van der Waals surface area contributed by atoms with Crippen LogP contribution in [0.5, 0.6) is 0 Å². The van der Waals surface area contributed by atoms with Gasteiger partial charge in [-0.2, -0.15) is 0 Å². The topological polar surface area (TPSA) is 166 Å². The first kappa shape index (κ1) is 25.6. The third kappa shape index (κ3) is 7.21. The Morgan fingerprint density at radius 2 is 1.83 bits per heavy atom. The number of thiophene rings is 1. The van der Waals surface area contributed by atoms with Gasteiger partial charge < -0.3 is 26.0 Å². The molecular weight excluding hydrogens is 472 g/mol. The van der Waals surface area contributed by atoms with Crippen LogP contribution in [0.3, 0.4) is 0 Å². The lowest BCUT2D eigenvalue weighted by atomic mass is 10.1. The standard InChI is InChI=1S/C23H26N6O5S/c1-13-19(21(32)29-16(22(33)34)12-25-20(31)17-8-5-11-35-17)14(2)27-23(26-13)24-10-4-7-15-6-3-9-18(30)28-15/h3,5-6,8-9,11,16H,4,7,10,12H2,1-2H3,(H,25,31)(H,28,30)(H,29,32)(H,33,34)(H,24,26,27)/t16-/m0/s1. The molecule has 0 aliphatic carbocycles. The van der Waals surface area contributed by atoms with Crippen LogP contribution in [0.1, 0.15) is 43.5 Å². The highest BCUT2D eigenvalue weighted by molar-refractivity contribution is 7.12. The molecule has 0 aliphatic heterocycles. The number of nitrogens with zero attached hydrogens (tertiary/aromatic N) is 2. The van der Waals surface area contributed by atoms with Crippen molar-refractivity contribution in [1.82, 2.24) is 25.6 Å². The van der Waals surface area contributed by atoms with Crippen molar-refractivity contribution in [2.45, 2.75) is 32.7 Å². The van der Waals surface area contributed by atoms with Crippen molar-refractivity contribution in [2.75, 3.05) is 18.4 Å². The Kier molecular flexibility index (Phi) is 8.68. The molecular formula is C23H26N6O5S. The van der Waals surface area contributed by atoms with Gasteiger partial charge in [-0.15, -0.1) is 11.3 Å².